The van der Waals surface area contributed by atoms with Gasteiger partial charge in [-0.05, 0) is 45.0 Å². The van der Waals surface area contributed by atoms with Gasteiger partial charge >= 0.3 is 0 Å². The van der Waals surface area contributed by atoms with Crippen LogP contribution in [0, 0.1) is 0 Å². The minimum absolute atomic E-state index is 0.0227. The summed E-state index contributed by atoms with van der Waals surface area (Å²) >= 11 is 0. The van der Waals surface area contributed by atoms with Crippen molar-refractivity contribution in [2.75, 3.05) is 20.3 Å². The predicted molar refractivity (Wildman–Crippen MR) is 91.2 cm³/mol. The summed E-state index contributed by atoms with van der Waals surface area (Å²) in [7, 11) is 1.61. The highest BCUT2D eigenvalue weighted by Crippen LogP contribution is 2.24. The fourth-order valence-corrected chi connectivity index (χ4v) is 2.83. The number of nitrogens with zero attached hydrogens (tertiary/aromatic N) is 3. The van der Waals surface area contributed by atoms with Crippen molar-refractivity contribution in [2.45, 2.75) is 38.8 Å². The Labute approximate surface area is 146 Å². The summed E-state index contributed by atoms with van der Waals surface area (Å²) in [5, 5.41) is 3.97. The molecule has 0 radical (unpaired) electrons. The summed E-state index contributed by atoms with van der Waals surface area (Å²) in [4.78, 5) is 18.9. The number of methoxy groups -OCH3 is 1. The van der Waals surface area contributed by atoms with E-state index < -0.39 is 0 Å². The van der Waals surface area contributed by atoms with Gasteiger partial charge in [0.15, 0.2) is 0 Å². The molecule has 1 aliphatic heterocycles. The van der Waals surface area contributed by atoms with Gasteiger partial charge in [0, 0.05) is 12.1 Å². The second-order valence-electron chi connectivity index (χ2n) is 6.86. The molecule has 7 nitrogen and oxygen atoms in total. The molecule has 3 rings (SSSR count). The van der Waals surface area contributed by atoms with E-state index in [2.05, 4.69) is 10.1 Å². The molecule has 1 aliphatic rings. The molecule has 0 bridgehead atoms. The summed E-state index contributed by atoms with van der Waals surface area (Å²) in [5.41, 5.74) is 0.464. The van der Waals surface area contributed by atoms with Crippen molar-refractivity contribution < 1.29 is 18.8 Å². The van der Waals surface area contributed by atoms with E-state index in [9.17, 15) is 4.79 Å². The zero-order chi connectivity index (χ0) is 18.0. The van der Waals surface area contributed by atoms with Crippen molar-refractivity contribution in [3.8, 4) is 17.1 Å². The zero-order valence-electron chi connectivity index (χ0n) is 15.0. The minimum atomic E-state index is -0.345. The van der Waals surface area contributed by atoms with E-state index in [1.807, 2.05) is 49.9 Å². The number of rotatable bonds is 4. The Kier molecular flexibility index (Phi) is 4.76. The highest BCUT2D eigenvalue weighted by Gasteiger charge is 2.37. The first-order chi connectivity index (χ1) is 11.9. The van der Waals surface area contributed by atoms with Crippen LogP contribution in [-0.4, -0.2) is 52.9 Å². The van der Waals surface area contributed by atoms with Crippen LogP contribution in [0.5, 0.6) is 5.75 Å². The summed E-state index contributed by atoms with van der Waals surface area (Å²) in [6.45, 7) is 7.02. The lowest BCUT2D eigenvalue weighted by Crippen LogP contribution is -2.58. The van der Waals surface area contributed by atoms with Crippen molar-refractivity contribution in [1.82, 2.24) is 15.0 Å². The van der Waals surface area contributed by atoms with Gasteiger partial charge in [-0.15, -0.1) is 0 Å². The van der Waals surface area contributed by atoms with Crippen LogP contribution in [0.25, 0.3) is 11.4 Å². The van der Waals surface area contributed by atoms with Crippen LogP contribution < -0.4 is 4.74 Å². The van der Waals surface area contributed by atoms with Crippen LogP contribution in [0.3, 0.4) is 0 Å². The van der Waals surface area contributed by atoms with Gasteiger partial charge in [-0.1, -0.05) is 5.16 Å². The van der Waals surface area contributed by atoms with Gasteiger partial charge < -0.3 is 18.9 Å². The molecule has 1 atom stereocenters. The molecule has 1 saturated heterocycles. The maximum Gasteiger partial charge on any atom is 0.236 e. The second-order valence-corrected chi connectivity index (χ2v) is 6.86. The molecule has 134 valence electrons. The number of hydrogen-bond donors (Lipinski definition) is 0. The molecule has 0 N–H and O–H groups in total. The van der Waals surface area contributed by atoms with E-state index in [1.54, 1.807) is 7.11 Å². The van der Waals surface area contributed by atoms with Crippen LogP contribution in [0.15, 0.2) is 28.8 Å². The molecule has 0 spiro atoms. The highest BCUT2D eigenvalue weighted by molar-refractivity contribution is 5.79. The molecule has 0 saturated carbocycles. The summed E-state index contributed by atoms with van der Waals surface area (Å²) in [6, 6.07) is 7.35. The van der Waals surface area contributed by atoms with Crippen LogP contribution in [-0.2, 0) is 16.0 Å². The van der Waals surface area contributed by atoms with Crippen molar-refractivity contribution in [2.24, 2.45) is 0 Å². The van der Waals surface area contributed by atoms with E-state index in [4.69, 9.17) is 14.0 Å². The number of carbonyl (C=O) groups excluding carboxylic acids is 1. The van der Waals surface area contributed by atoms with Gasteiger partial charge in [0.05, 0.1) is 25.4 Å². The largest absolute Gasteiger partial charge is 0.497 e. The fraction of sp³-hybridized carbons (Fsp3) is 0.500. The highest BCUT2D eigenvalue weighted by atomic mass is 16.5. The van der Waals surface area contributed by atoms with Crippen LogP contribution in [0.2, 0.25) is 0 Å². The number of ether oxygens (including phenoxy) is 2. The molecule has 25 heavy (non-hydrogen) atoms. The van der Waals surface area contributed by atoms with E-state index >= 15 is 0 Å². The number of carbonyl (C=O) groups is 1. The number of amides is 1. The molecule has 7 heteroatoms. The molecule has 1 amide bonds. The van der Waals surface area contributed by atoms with Crippen molar-refractivity contribution in [3.05, 3.63) is 30.2 Å². The maximum atomic E-state index is 12.7. The monoisotopic (exact) mass is 345 g/mol. The Bertz CT molecular complexity index is 739. The average Bonchev–Trinajstić information content (AvgIpc) is 3.05. The average molecular weight is 345 g/mol. The Morgan fingerprint density at radius 3 is 2.76 bits per heavy atom. The van der Waals surface area contributed by atoms with Crippen molar-refractivity contribution in [1.29, 1.82) is 0 Å². The van der Waals surface area contributed by atoms with Gasteiger partial charge in [0.1, 0.15) is 12.2 Å². The summed E-state index contributed by atoms with van der Waals surface area (Å²) < 4.78 is 16.0. The number of benzene rings is 1. The molecule has 1 aromatic heterocycles. The first-order valence-electron chi connectivity index (χ1n) is 8.28. The Morgan fingerprint density at radius 2 is 2.08 bits per heavy atom. The predicted octanol–water partition coefficient (Wildman–Crippen LogP) is 2.31. The smallest absolute Gasteiger partial charge is 0.236 e. The molecule has 1 unspecified atom stereocenters. The Morgan fingerprint density at radius 1 is 1.36 bits per heavy atom. The van der Waals surface area contributed by atoms with E-state index in [-0.39, 0.29) is 24.0 Å². The third kappa shape index (κ3) is 3.82. The Hall–Kier alpha value is -2.41. The Balaban J connectivity index is 1.71. The van der Waals surface area contributed by atoms with E-state index in [0.29, 0.717) is 24.9 Å². The molecular weight excluding hydrogens is 322 g/mol. The number of aromatic nitrogens is 2. The summed E-state index contributed by atoms with van der Waals surface area (Å²) in [6.07, 6.45) is 0.105. The number of hydrogen-bond acceptors (Lipinski definition) is 6. The van der Waals surface area contributed by atoms with Crippen LogP contribution >= 0.6 is 0 Å². The molecule has 2 aromatic rings. The first kappa shape index (κ1) is 17.4. The van der Waals surface area contributed by atoms with Gasteiger partial charge in [0.25, 0.3) is 0 Å². The topological polar surface area (TPSA) is 77.7 Å². The van der Waals surface area contributed by atoms with Crippen LogP contribution in [0.1, 0.15) is 26.7 Å². The molecule has 1 fully saturated rings. The van der Waals surface area contributed by atoms with Gasteiger partial charge in [-0.25, -0.2) is 0 Å². The van der Waals surface area contributed by atoms with Gasteiger partial charge in [-0.3, -0.25) is 4.79 Å². The van der Waals surface area contributed by atoms with Crippen LogP contribution in [0.4, 0.5) is 0 Å². The second kappa shape index (κ2) is 6.84. The van der Waals surface area contributed by atoms with E-state index in [1.165, 1.54) is 0 Å². The quantitative estimate of drug-likeness (QED) is 0.846. The lowest BCUT2D eigenvalue weighted by Gasteiger charge is -2.44. The number of morpholine rings is 1. The third-order valence-electron chi connectivity index (χ3n) is 4.31. The van der Waals surface area contributed by atoms with Gasteiger partial charge in [0.2, 0.25) is 17.6 Å². The first-order valence-corrected chi connectivity index (χ1v) is 8.28. The third-order valence-corrected chi connectivity index (χ3v) is 4.31. The molecule has 0 aliphatic carbocycles. The van der Waals surface area contributed by atoms with Gasteiger partial charge in [-0.2, -0.15) is 4.98 Å². The van der Waals surface area contributed by atoms with Crippen molar-refractivity contribution >= 4 is 5.91 Å². The minimum Gasteiger partial charge on any atom is -0.497 e. The summed E-state index contributed by atoms with van der Waals surface area (Å²) in [5.74, 6) is 1.49. The lowest BCUT2D eigenvalue weighted by molar-refractivity contribution is -0.152. The normalized spacial score (nSPS) is 19.7. The van der Waals surface area contributed by atoms with E-state index in [0.717, 1.165) is 11.3 Å². The molecule has 1 aromatic carbocycles. The van der Waals surface area contributed by atoms with Crippen molar-refractivity contribution in [3.63, 3.8) is 0 Å². The lowest BCUT2D eigenvalue weighted by atomic mass is 10.0. The standard InChI is InChI=1S/C18H23N3O4/c1-12-10-21(18(2,3)11-24-12)16(22)9-15-19-17(20-25-15)13-5-7-14(23-4)8-6-13/h5-8,12H,9-11H2,1-4H3. The molecular formula is C18H23N3O4. The SMILES string of the molecule is COc1ccc(-c2noc(CC(=O)N3CC(C)OCC3(C)C)n2)cc1. The molecule has 2 heterocycles. The zero-order valence-corrected chi connectivity index (χ0v) is 15.0. The fourth-order valence-electron chi connectivity index (χ4n) is 2.83. The maximum absolute atomic E-state index is 12.7.